The zero-order chi connectivity index (χ0) is 16.3. The first-order chi connectivity index (χ1) is 10.6. The van der Waals surface area contributed by atoms with Crippen molar-refractivity contribution in [3.05, 3.63) is 23.8 Å². The molecule has 3 nitrogen and oxygen atoms in total. The Kier molecular flexibility index (Phi) is 9.14. The maximum Gasteiger partial charge on any atom is 0.128 e. The van der Waals surface area contributed by atoms with Crippen molar-refractivity contribution < 1.29 is 10.3 Å². The number of hydrogen-bond donors (Lipinski definition) is 2. The summed E-state index contributed by atoms with van der Waals surface area (Å²) in [5, 5.41) is 22.9. The first-order valence-electron chi connectivity index (χ1n) is 8.95. The quantitative estimate of drug-likeness (QED) is 0.306. The summed E-state index contributed by atoms with van der Waals surface area (Å²) in [7, 11) is 0. The summed E-state index contributed by atoms with van der Waals surface area (Å²) in [4.78, 5) is 0. The highest BCUT2D eigenvalue weighted by Gasteiger charge is 2.31. The fourth-order valence-electron chi connectivity index (χ4n) is 2.95. The van der Waals surface area contributed by atoms with Crippen LogP contribution in [-0.2, 0) is 0 Å². The van der Waals surface area contributed by atoms with Gasteiger partial charge in [0.05, 0.1) is 0 Å². The lowest BCUT2D eigenvalue weighted by molar-refractivity contribution is 0.143. The fraction of sp³-hybridized carbons (Fsp3) is 0.737. The van der Waals surface area contributed by atoms with Crippen molar-refractivity contribution in [3.63, 3.8) is 0 Å². The van der Waals surface area contributed by atoms with Gasteiger partial charge in [0.25, 0.3) is 0 Å². The summed E-state index contributed by atoms with van der Waals surface area (Å²) in [6.07, 6.45) is 18.8. The molecular formula is C19H33NO2. The largest absolute Gasteiger partial charge is 0.411 e. The Morgan fingerprint density at radius 1 is 0.955 bits per heavy atom. The minimum atomic E-state index is -1.09. The Labute approximate surface area is 135 Å². The van der Waals surface area contributed by atoms with E-state index in [-0.39, 0.29) is 0 Å². The topological polar surface area (TPSA) is 52.8 Å². The second kappa shape index (κ2) is 10.6. The van der Waals surface area contributed by atoms with Crippen LogP contribution in [0.5, 0.6) is 0 Å². The van der Waals surface area contributed by atoms with E-state index in [0.29, 0.717) is 12.1 Å². The molecule has 2 N–H and O–H groups in total. The number of allylic oxidation sites excluding steroid dienone is 2. The van der Waals surface area contributed by atoms with E-state index in [1.807, 2.05) is 13.0 Å². The number of aliphatic hydroxyl groups is 1. The molecule has 0 saturated heterocycles. The highest BCUT2D eigenvalue weighted by molar-refractivity contribution is 6.04. The van der Waals surface area contributed by atoms with Gasteiger partial charge in [0.2, 0.25) is 0 Å². The second-order valence-corrected chi connectivity index (χ2v) is 6.56. The van der Waals surface area contributed by atoms with Crippen LogP contribution in [0, 0.1) is 0 Å². The van der Waals surface area contributed by atoms with E-state index >= 15 is 0 Å². The lowest BCUT2D eigenvalue weighted by atomic mass is 9.85. The third kappa shape index (κ3) is 6.78. The van der Waals surface area contributed by atoms with Crippen LogP contribution < -0.4 is 0 Å². The van der Waals surface area contributed by atoms with Crippen LogP contribution in [0.4, 0.5) is 0 Å². The summed E-state index contributed by atoms with van der Waals surface area (Å²) in [5.74, 6) is 0. The molecule has 0 bridgehead atoms. The van der Waals surface area contributed by atoms with Crippen molar-refractivity contribution in [1.82, 2.24) is 0 Å². The summed E-state index contributed by atoms with van der Waals surface area (Å²) in [5.41, 5.74) is 0.276. The standard InChI is InChI=1S/C19H33NO2/c1-3-4-5-6-7-8-9-10-11-12-14-19(21)15-13-17(2)16-18(19)20-22/h13,15-16,21-22H,3-12,14H2,1-2H3/b20-18+. The minimum absolute atomic E-state index is 0.364. The monoisotopic (exact) mass is 307 g/mol. The lowest BCUT2D eigenvalue weighted by Gasteiger charge is -2.26. The molecule has 0 amide bonds. The van der Waals surface area contributed by atoms with E-state index < -0.39 is 5.60 Å². The van der Waals surface area contributed by atoms with Gasteiger partial charge >= 0.3 is 0 Å². The van der Waals surface area contributed by atoms with Gasteiger partial charge < -0.3 is 10.3 Å². The fourth-order valence-corrected chi connectivity index (χ4v) is 2.95. The average Bonchev–Trinajstić information content (AvgIpc) is 2.52. The van der Waals surface area contributed by atoms with Crippen molar-refractivity contribution in [1.29, 1.82) is 0 Å². The summed E-state index contributed by atoms with van der Waals surface area (Å²) in [6.45, 7) is 4.18. The van der Waals surface area contributed by atoms with Crippen molar-refractivity contribution >= 4 is 5.71 Å². The molecule has 1 unspecified atom stereocenters. The first-order valence-corrected chi connectivity index (χ1v) is 8.95. The van der Waals surface area contributed by atoms with Crippen LogP contribution in [-0.4, -0.2) is 21.6 Å². The Balaban J connectivity index is 2.11. The molecule has 1 aliphatic rings. The third-order valence-electron chi connectivity index (χ3n) is 4.45. The Morgan fingerprint density at radius 2 is 1.50 bits per heavy atom. The average molecular weight is 307 g/mol. The van der Waals surface area contributed by atoms with Crippen LogP contribution in [0.1, 0.15) is 84.5 Å². The molecule has 0 saturated carbocycles. The molecule has 1 rings (SSSR count). The van der Waals surface area contributed by atoms with E-state index in [2.05, 4.69) is 12.1 Å². The number of oxime groups is 1. The van der Waals surface area contributed by atoms with Gasteiger partial charge in [-0.2, -0.15) is 0 Å². The molecule has 0 fully saturated rings. The summed E-state index contributed by atoms with van der Waals surface area (Å²) < 4.78 is 0. The van der Waals surface area contributed by atoms with Crippen LogP contribution in [0.15, 0.2) is 29.0 Å². The molecule has 0 aromatic carbocycles. The van der Waals surface area contributed by atoms with E-state index in [4.69, 9.17) is 5.21 Å². The number of unbranched alkanes of at least 4 members (excludes halogenated alkanes) is 9. The predicted octanol–water partition coefficient (Wildman–Crippen LogP) is 5.37. The molecule has 3 heteroatoms. The lowest BCUT2D eigenvalue weighted by Crippen LogP contribution is -2.37. The number of hydrogen-bond acceptors (Lipinski definition) is 3. The molecule has 0 aromatic rings. The minimum Gasteiger partial charge on any atom is -0.411 e. The van der Waals surface area contributed by atoms with Gasteiger partial charge in [0.15, 0.2) is 0 Å². The Bertz CT molecular complexity index is 398. The van der Waals surface area contributed by atoms with Crippen LogP contribution in [0.3, 0.4) is 0 Å². The van der Waals surface area contributed by atoms with Crippen LogP contribution in [0.25, 0.3) is 0 Å². The van der Waals surface area contributed by atoms with Gasteiger partial charge in [-0.05, 0) is 37.5 Å². The summed E-state index contributed by atoms with van der Waals surface area (Å²) >= 11 is 0. The second-order valence-electron chi connectivity index (χ2n) is 6.56. The molecule has 0 spiro atoms. The highest BCUT2D eigenvalue weighted by Crippen LogP contribution is 2.25. The predicted molar refractivity (Wildman–Crippen MR) is 93.5 cm³/mol. The van der Waals surface area contributed by atoms with Gasteiger partial charge in [0, 0.05) is 0 Å². The van der Waals surface area contributed by atoms with E-state index in [0.717, 1.165) is 18.4 Å². The van der Waals surface area contributed by atoms with Crippen LogP contribution in [0.2, 0.25) is 0 Å². The molecule has 1 aliphatic carbocycles. The number of nitrogens with zero attached hydrogens (tertiary/aromatic N) is 1. The van der Waals surface area contributed by atoms with Crippen molar-refractivity contribution in [2.45, 2.75) is 90.1 Å². The SMILES string of the molecule is CCCCCCCCCCCCC1(O)C=CC(C)=C/C1=N\O. The van der Waals surface area contributed by atoms with Gasteiger partial charge in [-0.15, -0.1) is 0 Å². The molecule has 0 heterocycles. The summed E-state index contributed by atoms with van der Waals surface area (Å²) in [6, 6.07) is 0. The third-order valence-corrected chi connectivity index (χ3v) is 4.45. The zero-order valence-corrected chi connectivity index (χ0v) is 14.4. The maximum atomic E-state index is 10.5. The van der Waals surface area contributed by atoms with Gasteiger partial charge in [-0.25, -0.2) is 0 Å². The molecule has 0 radical (unpaired) electrons. The Morgan fingerprint density at radius 3 is 2.05 bits per heavy atom. The van der Waals surface area contributed by atoms with E-state index in [1.54, 1.807) is 12.2 Å². The molecule has 126 valence electrons. The Hall–Kier alpha value is -1.09. The highest BCUT2D eigenvalue weighted by atomic mass is 16.4. The molecule has 22 heavy (non-hydrogen) atoms. The number of rotatable bonds is 11. The zero-order valence-electron chi connectivity index (χ0n) is 14.4. The van der Waals surface area contributed by atoms with Gasteiger partial charge in [-0.3, -0.25) is 0 Å². The van der Waals surface area contributed by atoms with E-state index in [9.17, 15) is 5.11 Å². The van der Waals surface area contributed by atoms with Crippen molar-refractivity contribution in [3.8, 4) is 0 Å². The first kappa shape index (κ1) is 19.0. The molecule has 1 atom stereocenters. The van der Waals surface area contributed by atoms with Gasteiger partial charge in [-0.1, -0.05) is 75.9 Å². The molecule has 0 aliphatic heterocycles. The van der Waals surface area contributed by atoms with Crippen molar-refractivity contribution in [2.24, 2.45) is 5.16 Å². The normalized spacial score (nSPS) is 23.0. The maximum absolute atomic E-state index is 10.5. The molecular weight excluding hydrogens is 274 g/mol. The molecule has 0 aromatic heterocycles. The van der Waals surface area contributed by atoms with Gasteiger partial charge in [0.1, 0.15) is 11.3 Å². The van der Waals surface area contributed by atoms with E-state index in [1.165, 1.54) is 51.4 Å². The smallest absolute Gasteiger partial charge is 0.128 e. The van der Waals surface area contributed by atoms with Crippen molar-refractivity contribution in [2.75, 3.05) is 0 Å². The van der Waals surface area contributed by atoms with Crippen LogP contribution >= 0.6 is 0 Å².